The van der Waals surface area contributed by atoms with Crippen molar-refractivity contribution in [3.63, 3.8) is 0 Å². The maximum atomic E-state index is 12.3. The zero-order valence-corrected chi connectivity index (χ0v) is 23.6. The second kappa shape index (κ2) is 11.2. The largest absolute Gasteiger partial charge is 0.353 e. The highest BCUT2D eigenvalue weighted by molar-refractivity contribution is 7.17. The number of fused-ring (bicyclic) bond motifs is 2. The highest BCUT2D eigenvalue weighted by atomic mass is 32.1. The van der Waals surface area contributed by atoms with Crippen molar-refractivity contribution in [3.05, 3.63) is 83.7 Å². The molecular formula is C31H30N6O2S. The molecule has 0 saturated heterocycles. The lowest BCUT2D eigenvalue weighted by atomic mass is 10.0. The predicted octanol–water partition coefficient (Wildman–Crippen LogP) is 7.07. The van der Waals surface area contributed by atoms with E-state index in [2.05, 4.69) is 37.0 Å². The average Bonchev–Trinajstić information content (AvgIpc) is 3.65. The number of aromatic nitrogens is 5. The Kier molecular flexibility index (Phi) is 7.57. The van der Waals surface area contributed by atoms with Gasteiger partial charge in [0.05, 0.1) is 26.8 Å². The Balaban J connectivity index is 1.53. The summed E-state index contributed by atoms with van der Waals surface area (Å²) in [6.07, 6.45) is 9.50. The zero-order valence-electron chi connectivity index (χ0n) is 22.8. The maximum absolute atomic E-state index is 12.3. The van der Waals surface area contributed by atoms with Crippen molar-refractivity contribution in [2.24, 2.45) is 5.92 Å². The molecule has 5 aromatic rings. The first-order valence-corrected chi connectivity index (χ1v) is 13.8. The number of pyridine rings is 2. The summed E-state index contributed by atoms with van der Waals surface area (Å²) in [5, 5.41) is 12.3. The molecule has 202 valence electrons. The van der Waals surface area contributed by atoms with Crippen LogP contribution in [0.3, 0.4) is 0 Å². The highest BCUT2D eigenvalue weighted by Crippen LogP contribution is 2.36. The molecule has 3 N–H and O–H groups in total. The van der Waals surface area contributed by atoms with Crippen molar-refractivity contribution in [2.45, 2.75) is 34.1 Å². The fourth-order valence-corrected chi connectivity index (χ4v) is 5.48. The molecule has 0 radical (unpaired) electrons. The summed E-state index contributed by atoms with van der Waals surface area (Å²) < 4.78 is 0. The quantitative estimate of drug-likeness (QED) is 0.134. The van der Waals surface area contributed by atoms with E-state index in [-0.39, 0.29) is 17.6 Å². The molecule has 0 aromatic carbocycles. The van der Waals surface area contributed by atoms with E-state index in [9.17, 15) is 9.59 Å². The van der Waals surface area contributed by atoms with Crippen molar-refractivity contribution < 1.29 is 9.59 Å². The van der Waals surface area contributed by atoms with Crippen LogP contribution < -0.4 is 5.32 Å². The minimum atomic E-state index is -0.0138. The third-order valence-corrected chi connectivity index (χ3v) is 7.54. The van der Waals surface area contributed by atoms with E-state index in [0.29, 0.717) is 16.9 Å². The van der Waals surface area contributed by atoms with Crippen molar-refractivity contribution in [3.8, 4) is 22.0 Å². The molecule has 9 heteroatoms. The van der Waals surface area contributed by atoms with Crippen molar-refractivity contribution in [1.82, 2.24) is 30.5 Å². The molecule has 5 aromatic heterocycles. The monoisotopic (exact) mass is 550 g/mol. The third kappa shape index (κ3) is 5.55. The second-order valence-electron chi connectivity index (χ2n) is 10.0. The lowest BCUT2D eigenvalue weighted by Gasteiger charge is -2.09. The summed E-state index contributed by atoms with van der Waals surface area (Å²) in [5.74, 6) is 0.306. The minimum Gasteiger partial charge on any atom is -0.353 e. The summed E-state index contributed by atoms with van der Waals surface area (Å²) in [7, 11) is 0. The molecule has 0 saturated carbocycles. The van der Waals surface area contributed by atoms with Crippen LogP contribution in [0.4, 0.5) is 0 Å². The Morgan fingerprint density at radius 1 is 1.12 bits per heavy atom. The number of hydrogen-bond acceptors (Lipinski definition) is 6. The Morgan fingerprint density at radius 2 is 1.95 bits per heavy atom. The number of thiophene rings is 1. The van der Waals surface area contributed by atoms with E-state index in [1.54, 1.807) is 25.4 Å². The van der Waals surface area contributed by atoms with Crippen LogP contribution in [-0.2, 0) is 4.79 Å². The summed E-state index contributed by atoms with van der Waals surface area (Å²) in [4.78, 5) is 38.4. The molecule has 0 unspecified atom stereocenters. The number of aromatic amines is 2. The minimum absolute atomic E-state index is 0.0138. The zero-order chi connectivity index (χ0) is 28.4. The van der Waals surface area contributed by atoms with Crippen LogP contribution >= 0.6 is 11.3 Å². The van der Waals surface area contributed by atoms with Crippen molar-refractivity contribution in [1.29, 1.82) is 0 Å². The molecule has 8 nitrogen and oxygen atoms in total. The molecule has 0 aliphatic heterocycles. The Bertz CT molecular complexity index is 1820. The number of nitrogens with zero attached hydrogens (tertiary/aromatic N) is 3. The number of ketones is 1. The fourth-order valence-electron chi connectivity index (χ4n) is 4.57. The van der Waals surface area contributed by atoms with Gasteiger partial charge in [0.15, 0.2) is 11.4 Å². The highest BCUT2D eigenvalue weighted by Gasteiger charge is 2.17. The van der Waals surface area contributed by atoms with Crippen molar-refractivity contribution >= 4 is 50.5 Å². The van der Waals surface area contributed by atoms with Gasteiger partial charge in [-0.05, 0) is 61.7 Å². The number of carbonyl (C=O) groups excluding carboxylic acids is 2. The topological polar surface area (TPSA) is 116 Å². The number of H-pyrrole nitrogens is 2. The molecule has 0 aliphatic rings. The number of hydrogen-bond donors (Lipinski definition) is 3. The van der Waals surface area contributed by atoms with E-state index in [1.165, 1.54) is 11.3 Å². The molecule has 0 bridgehead atoms. The van der Waals surface area contributed by atoms with Gasteiger partial charge < -0.3 is 10.3 Å². The number of nitrogens with one attached hydrogen (secondary N) is 3. The third-order valence-electron chi connectivity index (χ3n) is 6.35. The van der Waals surface area contributed by atoms with E-state index in [0.717, 1.165) is 55.1 Å². The van der Waals surface area contributed by atoms with Gasteiger partial charge in [0.2, 0.25) is 5.91 Å². The van der Waals surface area contributed by atoms with Gasteiger partial charge in [-0.15, -0.1) is 11.3 Å². The van der Waals surface area contributed by atoms with Gasteiger partial charge in [0.25, 0.3) is 0 Å². The molecule has 0 spiro atoms. The SMILES string of the molecule is C=C/C=C(\C=C(/C)NC(=O)CC(C)C)c1cnc2n[nH]c(-c3cc4c(-c5ccc(C(C)=O)s5)nccc4[nH]3)c2c1. The maximum Gasteiger partial charge on any atom is 0.224 e. The van der Waals surface area contributed by atoms with Gasteiger partial charge in [-0.2, -0.15) is 5.10 Å². The molecular weight excluding hydrogens is 520 g/mol. The smallest absolute Gasteiger partial charge is 0.224 e. The molecule has 5 rings (SSSR count). The van der Waals surface area contributed by atoms with Crippen LogP contribution in [0.5, 0.6) is 0 Å². The van der Waals surface area contributed by atoms with Crippen molar-refractivity contribution in [2.75, 3.05) is 0 Å². The number of Topliss-reactive ketones (excluding diaryl/α,β-unsaturated/α-hetero) is 1. The Hall–Kier alpha value is -4.63. The van der Waals surface area contributed by atoms with E-state index >= 15 is 0 Å². The van der Waals surface area contributed by atoms with Crippen LogP contribution in [-0.4, -0.2) is 36.8 Å². The van der Waals surface area contributed by atoms with Crippen LogP contribution in [0.2, 0.25) is 0 Å². The first-order valence-electron chi connectivity index (χ1n) is 13.0. The predicted molar refractivity (Wildman–Crippen MR) is 162 cm³/mol. The van der Waals surface area contributed by atoms with E-state index in [4.69, 9.17) is 0 Å². The number of amides is 1. The molecule has 0 atom stereocenters. The fraction of sp³-hybridized carbons (Fsp3) is 0.194. The first kappa shape index (κ1) is 27.0. The van der Waals surface area contributed by atoms with Crippen LogP contribution in [0.1, 0.15) is 49.4 Å². The molecule has 0 fully saturated rings. The molecule has 1 amide bonds. The van der Waals surface area contributed by atoms with Gasteiger partial charge in [-0.1, -0.05) is 32.6 Å². The van der Waals surface area contributed by atoms with Gasteiger partial charge in [0, 0.05) is 46.4 Å². The Morgan fingerprint density at radius 3 is 2.67 bits per heavy atom. The lowest BCUT2D eigenvalue weighted by molar-refractivity contribution is -0.121. The average molecular weight is 551 g/mol. The summed E-state index contributed by atoms with van der Waals surface area (Å²) in [6, 6.07) is 9.77. The first-order chi connectivity index (χ1) is 19.2. The Labute approximate surface area is 236 Å². The van der Waals surface area contributed by atoms with Gasteiger partial charge in [0.1, 0.15) is 0 Å². The lowest BCUT2D eigenvalue weighted by Crippen LogP contribution is -2.22. The summed E-state index contributed by atoms with van der Waals surface area (Å²) >= 11 is 1.44. The van der Waals surface area contributed by atoms with Gasteiger partial charge in [-0.3, -0.25) is 19.7 Å². The van der Waals surface area contributed by atoms with Gasteiger partial charge in [-0.25, -0.2) is 4.98 Å². The second-order valence-corrected chi connectivity index (χ2v) is 11.1. The summed E-state index contributed by atoms with van der Waals surface area (Å²) in [6.45, 7) is 11.3. The number of allylic oxidation sites excluding steroid dienone is 5. The van der Waals surface area contributed by atoms with E-state index in [1.807, 2.05) is 63.3 Å². The van der Waals surface area contributed by atoms with Crippen LogP contribution in [0, 0.1) is 5.92 Å². The molecule has 40 heavy (non-hydrogen) atoms. The van der Waals surface area contributed by atoms with Crippen LogP contribution in [0.25, 0.3) is 49.5 Å². The summed E-state index contributed by atoms with van der Waals surface area (Å²) in [5.41, 5.74) is 6.43. The molecule has 0 aliphatic carbocycles. The molecule has 5 heterocycles. The number of carbonyl (C=O) groups is 2. The normalized spacial score (nSPS) is 12.4. The van der Waals surface area contributed by atoms with E-state index < -0.39 is 0 Å². The van der Waals surface area contributed by atoms with Crippen LogP contribution in [0.15, 0.2) is 73.2 Å². The standard InChI is InChI=1S/C31H30N6O2S/c1-6-7-20(13-18(4)34-28(39)12-17(2)3)21-14-23-29(36-37-31(23)33-16-21)25-15-22-24(35-25)10-11-32-30(22)27-9-8-26(40-27)19(5)38/h6-11,13-17,35H,1,12H2,2-5H3,(H,34,39)(H,33,36,37)/b18-13+,20-7+. The number of rotatable bonds is 9. The van der Waals surface area contributed by atoms with Gasteiger partial charge >= 0.3 is 0 Å².